The minimum atomic E-state index is -0.527. The van der Waals surface area contributed by atoms with E-state index in [1.807, 2.05) is 34.6 Å². The number of aromatic amines is 1. The number of rotatable bonds is 5. The zero-order valence-corrected chi connectivity index (χ0v) is 11.7. The third-order valence-corrected chi connectivity index (χ3v) is 2.26. The molecule has 0 spiro atoms. The predicted molar refractivity (Wildman–Crippen MR) is 68.4 cm³/mol. The Morgan fingerprint density at radius 1 is 1.44 bits per heavy atom. The van der Waals surface area contributed by atoms with Crippen LogP contribution in [0.15, 0.2) is 0 Å². The van der Waals surface area contributed by atoms with Gasteiger partial charge in [-0.2, -0.15) is 10.3 Å². The van der Waals surface area contributed by atoms with Crippen LogP contribution < -0.4 is 5.32 Å². The number of aromatic nitrogens is 3. The summed E-state index contributed by atoms with van der Waals surface area (Å²) in [4.78, 5) is 11.9. The van der Waals surface area contributed by atoms with Crippen LogP contribution in [0.1, 0.15) is 50.8 Å². The minimum Gasteiger partial charge on any atom is -0.455 e. The van der Waals surface area contributed by atoms with Crippen molar-refractivity contribution in [3.05, 3.63) is 11.4 Å². The third-order valence-electron chi connectivity index (χ3n) is 2.26. The zero-order chi connectivity index (χ0) is 13.8. The van der Waals surface area contributed by atoms with Gasteiger partial charge in [0.2, 0.25) is 0 Å². The van der Waals surface area contributed by atoms with Gasteiger partial charge in [0.25, 0.3) is 0 Å². The normalized spacial score (nSPS) is 13.4. The first kappa shape index (κ1) is 14.6. The maximum Gasteiger partial charge on any atom is 0.361 e. The Balaban J connectivity index is 2.73. The molecule has 2 N–H and O–H groups in total. The second-order valence-electron chi connectivity index (χ2n) is 5.28. The van der Waals surface area contributed by atoms with Crippen LogP contribution in [-0.2, 0) is 11.2 Å². The lowest BCUT2D eigenvalue weighted by Crippen LogP contribution is -2.29. The first-order valence-corrected chi connectivity index (χ1v) is 6.20. The van der Waals surface area contributed by atoms with Gasteiger partial charge in [0, 0.05) is 12.5 Å². The van der Waals surface area contributed by atoms with Crippen LogP contribution in [0.3, 0.4) is 0 Å². The molecule has 6 nitrogen and oxygen atoms in total. The Morgan fingerprint density at radius 2 is 2.11 bits per heavy atom. The van der Waals surface area contributed by atoms with Crippen LogP contribution in [-0.4, -0.2) is 39.6 Å². The number of carbonyl (C=O) groups excluding carboxylic acids is 1. The van der Waals surface area contributed by atoms with E-state index in [2.05, 4.69) is 20.7 Å². The molecule has 0 amide bonds. The number of likely N-dealkylation sites (N-methyl/N-ethyl adjacent to an activating group) is 1. The monoisotopic (exact) mass is 254 g/mol. The van der Waals surface area contributed by atoms with Crippen LogP contribution >= 0.6 is 0 Å². The first-order chi connectivity index (χ1) is 8.33. The van der Waals surface area contributed by atoms with Crippen molar-refractivity contribution >= 4 is 5.97 Å². The first-order valence-electron chi connectivity index (χ1n) is 6.20. The molecule has 1 heterocycles. The van der Waals surface area contributed by atoms with E-state index in [-0.39, 0.29) is 11.7 Å². The van der Waals surface area contributed by atoms with Gasteiger partial charge in [-0.05, 0) is 34.2 Å². The van der Waals surface area contributed by atoms with E-state index in [1.54, 1.807) is 0 Å². The predicted octanol–water partition coefficient (Wildman–Crippen LogP) is 1.30. The molecular formula is C12H22N4O2. The number of esters is 1. The second kappa shape index (κ2) is 5.95. The van der Waals surface area contributed by atoms with Crippen molar-refractivity contribution in [1.82, 2.24) is 20.7 Å². The quantitative estimate of drug-likeness (QED) is 0.774. The van der Waals surface area contributed by atoms with E-state index in [9.17, 15) is 4.79 Å². The van der Waals surface area contributed by atoms with Crippen molar-refractivity contribution in [2.45, 2.75) is 52.7 Å². The highest BCUT2D eigenvalue weighted by Gasteiger charge is 2.24. The summed E-state index contributed by atoms with van der Waals surface area (Å²) in [7, 11) is 0. The Hall–Kier alpha value is -1.43. The van der Waals surface area contributed by atoms with Crippen LogP contribution in [0.5, 0.6) is 0 Å². The van der Waals surface area contributed by atoms with E-state index >= 15 is 0 Å². The second-order valence-corrected chi connectivity index (χ2v) is 5.28. The summed E-state index contributed by atoms with van der Waals surface area (Å²) in [5.74, 6) is -0.435. The molecule has 0 radical (unpaired) electrons. The van der Waals surface area contributed by atoms with Gasteiger partial charge in [0.15, 0.2) is 5.69 Å². The van der Waals surface area contributed by atoms with Crippen LogP contribution in [0.4, 0.5) is 0 Å². The molecular weight excluding hydrogens is 232 g/mol. The topological polar surface area (TPSA) is 79.9 Å². The lowest BCUT2D eigenvalue weighted by molar-refractivity contribution is 0.00615. The van der Waals surface area contributed by atoms with Crippen LogP contribution in [0, 0.1) is 0 Å². The van der Waals surface area contributed by atoms with Crippen molar-refractivity contribution in [3.8, 4) is 0 Å². The summed E-state index contributed by atoms with van der Waals surface area (Å²) in [6, 6.07) is 0.237. The van der Waals surface area contributed by atoms with Crippen molar-refractivity contribution < 1.29 is 9.53 Å². The molecule has 1 aromatic heterocycles. The van der Waals surface area contributed by atoms with Crippen LogP contribution in [0.25, 0.3) is 0 Å². The van der Waals surface area contributed by atoms with Gasteiger partial charge < -0.3 is 10.1 Å². The summed E-state index contributed by atoms with van der Waals surface area (Å²) >= 11 is 0. The van der Waals surface area contributed by atoms with Gasteiger partial charge in [-0.3, -0.25) is 0 Å². The molecule has 0 aliphatic carbocycles. The molecule has 1 atom stereocenters. The molecule has 0 fully saturated rings. The number of carbonyl (C=O) groups is 1. The number of ether oxygens (including phenoxy) is 1. The molecule has 0 bridgehead atoms. The van der Waals surface area contributed by atoms with Crippen LogP contribution in [0.2, 0.25) is 0 Å². The molecule has 0 aliphatic rings. The lowest BCUT2D eigenvalue weighted by Gasteiger charge is -2.19. The highest BCUT2D eigenvalue weighted by Crippen LogP contribution is 2.13. The molecule has 1 unspecified atom stereocenters. The molecule has 0 aromatic carbocycles. The summed E-state index contributed by atoms with van der Waals surface area (Å²) in [5.41, 5.74) is 0.382. The van der Waals surface area contributed by atoms with Gasteiger partial charge in [-0.15, -0.1) is 5.10 Å². The molecule has 1 rings (SSSR count). The fourth-order valence-electron chi connectivity index (χ4n) is 1.60. The summed E-state index contributed by atoms with van der Waals surface area (Å²) in [6.07, 6.45) is 0.638. The van der Waals surface area contributed by atoms with E-state index in [0.717, 1.165) is 6.54 Å². The molecule has 6 heteroatoms. The van der Waals surface area contributed by atoms with E-state index in [1.165, 1.54) is 0 Å². The van der Waals surface area contributed by atoms with Gasteiger partial charge in [0.1, 0.15) is 5.60 Å². The lowest BCUT2D eigenvalue weighted by atomic mass is 10.1. The minimum absolute atomic E-state index is 0.237. The standard InChI is InChI=1S/C12H22N4O2/c1-6-13-8(2)7-9-10(15-16-14-9)11(17)18-12(3,4)5/h8,13H,6-7H2,1-5H3,(H,14,15,16). The maximum absolute atomic E-state index is 11.9. The summed E-state index contributed by atoms with van der Waals surface area (Å²) in [5, 5.41) is 13.6. The molecule has 0 saturated heterocycles. The number of hydrogen-bond acceptors (Lipinski definition) is 5. The fraction of sp³-hybridized carbons (Fsp3) is 0.750. The summed E-state index contributed by atoms with van der Waals surface area (Å²) in [6.45, 7) is 10.4. The largest absolute Gasteiger partial charge is 0.455 e. The highest BCUT2D eigenvalue weighted by molar-refractivity contribution is 5.88. The van der Waals surface area contributed by atoms with Crippen molar-refractivity contribution in [2.75, 3.05) is 6.54 Å². The average molecular weight is 254 g/mol. The van der Waals surface area contributed by atoms with E-state index < -0.39 is 11.6 Å². The number of nitrogens with one attached hydrogen (secondary N) is 2. The van der Waals surface area contributed by atoms with E-state index in [0.29, 0.717) is 12.1 Å². The fourth-order valence-corrected chi connectivity index (χ4v) is 1.60. The number of nitrogens with zero attached hydrogens (tertiary/aromatic N) is 2. The highest BCUT2D eigenvalue weighted by atomic mass is 16.6. The third kappa shape index (κ3) is 4.44. The SMILES string of the molecule is CCNC(C)Cc1n[nH]nc1C(=O)OC(C)(C)C. The molecule has 0 aliphatic heterocycles. The number of H-pyrrole nitrogens is 1. The smallest absolute Gasteiger partial charge is 0.361 e. The Bertz CT molecular complexity index is 395. The average Bonchev–Trinajstić information content (AvgIpc) is 2.63. The molecule has 1 aromatic rings. The van der Waals surface area contributed by atoms with Crippen molar-refractivity contribution in [2.24, 2.45) is 0 Å². The van der Waals surface area contributed by atoms with Gasteiger partial charge in [0.05, 0.1) is 5.69 Å². The Morgan fingerprint density at radius 3 is 2.67 bits per heavy atom. The zero-order valence-electron chi connectivity index (χ0n) is 11.7. The van der Waals surface area contributed by atoms with Crippen molar-refractivity contribution in [1.29, 1.82) is 0 Å². The van der Waals surface area contributed by atoms with Crippen molar-refractivity contribution in [3.63, 3.8) is 0 Å². The van der Waals surface area contributed by atoms with E-state index in [4.69, 9.17) is 4.74 Å². The molecule has 0 saturated carbocycles. The van der Waals surface area contributed by atoms with Gasteiger partial charge in [-0.1, -0.05) is 6.92 Å². The molecule has 102 valence electrons. The van der Waals surface area contributed by atoms with Gasteiger partial charge >= 0.3 is 5.97 Å². The van der Waals surface area contributed by atoms with Gasteiger partial charge in [-0.25, -0.2) is 4.79 Å². The maximum atomic E-state index is 11.9. The molecule has 18 heavy (non-hydrogen) atoms. The Labute approximate surface area is 107 Å². The summed E-state index contributed by atoms with van der Waals surface area (Å²) < 4.78 is 5.28. The Kier molecular flexibility index (Phi) is 4.84. The number of hydrogen-bond donors (Lipinski definition) is 2.